The predicted molar refractivity (Wildman–Crippen MR) is 137 cm³/mol. The summed E-state index contributed by atoms with van der Waals surface area (Å²) in [5.41, 5.74) is 9.26. The third-order valence-corrected chi connectivity index (χ3v) is 7.16. The first kappa shape index (κ1) is 20.9. The first-order valence-corrected chi connectivity index (χ1v) is 11.8. The van der Waals surface area contributed by atoms with Crippen molar-refractivity contribution in [2.24, 2.45) is 0 Å². The molecule has 4 aromatic rings. The predicted octanol–water partition coefficient (Wildman–Crippen LogP) is 5.46. The van der Waals surface area contributed by atoms with E-state index in [4.69, 9.17) is 4.52 Å². The second kappa shape index (κ2) is 7.71. The zero-order chi connectivity index (χ0) is 23.6. The zero-order valence-electron chi connectivity index (χ0n) is 20.0. The zero-order valence-corrected chi connectivity index (χ0v) is 20.0. The van der Waals surface area contributed by atoms with Gasteiger partial charge in [0.15, 0.2) is 11.5 Å². The fourth-order valence-electron chi connectivity index (χ4n) is 5.44. The molecule has 2 heterocycles. The number of hydrogen-bond acceptors (Lipinski definition) is 6. The molecule has 0 atom stereocenters. The highest BCUT2D eigenvalue weighted by Gasteiger charge is 2.34. The first-order valence-electron chi connectivity index (χ1n) is 11.8. The number of nitrogens with zero attached hydrogens (tertiary/aromatic N) is 3. The van der Waals surface area contributed by atoms with E-state index in [-0.39, 0.29) is 5.78 Å². The van der Waals surface area contributed by atoms with Gasteiger partial charge in [-0.05, 0) is 45.0 Å². The summed E-state index contributed by atoms with van der Waals surface area (Å²) in [6, 6.07) is 14.1. The third kappa shape index (κ3) is 3.13. The third-order valence-electron chi connectivity index (χ3n) is 7.16. The number of fused-ring (bicyclic) bond motifs is 2. The molecule has 1 aromatic heterocycles. The number of anilines is 3. The molecule has 0 saturated carbocycles. The normalized spacial score (nSPS) is 15.6. The lowest BCUT2D eigenvalue weighted by Crippen LogP contribution is -2.44. The first-order chi connectivity index (χ1) is 16.4. The number of hydrogen-bond donors (Lipinski definition) is 1. The Bertz CT molecular complexity index is 1440. The molecule has 1 saturated heterocycles. The Balaban J connectivity index is 1.61. The van der Waals surface area contributed by atoms with Crippen molar-refractivity contribution in [3.63, 3.8) is 0 Å². The minimum Gasteiger partial charge on any atom is -0.367 e. The van der Waals surface area contributed by atoms with Gasteiger partial charge in [-0.15, -0.1) is 0 Å². The molecule has 1 N–H and O–H groups in total. The molecular formula is C28H28N4O2. The standard InChI is InChI=1S/C28H28N4O2/c1-16-13-17(2)25(18(3)14-16)29-21-15-22(32-11-9-31(4)10-12-32)26-24-23(21)27(33)19-7-5-6-8-20(19)28(24)34-30-26/h5-8,13-15,29H,9-12H2,1-4H3. The Labute approximate surface area is 199 Å². The maximum absolute atomic E-state index is 13.8. The van der Waals surface area contributed by atoms with Crippen molar-refractivity contribution in [3.05, 3.63) is 70.3 Å². The fraction of sp³-hybridized carbons (Fsp3) is 0.286. The number of nitrogens with one attached hydrogen (secondary N) is 1. The van der Waals surface area contributed by atoms with Gasteiger partial charge in [0.05, 0.1) is 22.3 Å². The molecular weight excluding hydrogens is 424 g/mol. The van der Waals surface area contributed by atoms with Crippen LogP contribution in [-0.2, 0) is 0 Å². The van der Waals surface area contributed by atoms with E-state index in [1.165, 1.54) is 5.56 Å². The van der Waals surface area contributed by atoms with E-state index in [1.54, 1.807) is 0 Å². The Morgan fingerprint density at radius 1 is 0.941 bits per heavy atom. The summed E-state index contributed by atoms with van der Waals surface area (Å²) in [6.45, 7) is 10.1. The van der Waals surface area contributed by atoms with Crippen molar-refractivity contribution < 1.29 is 9.32 Å². The molecule has 0 spiro atoms. The summed E-state index contributed by atoms with van der Waals surface area (Å²) in [7, 11) is 2.15. The van der Waals surface area contributed by atoms with Gasteiger partial charge in [-0.3, -0.25) is 4.79 Å². The van der Waals surface area contributed by atoms with E-state index in [1.807, 2.05) is 24.3 Å². The molecule has 3 aromatic carbocycles. The van der Waals surface area contributed by atoms with Crippen LogP contribution in [0.3, 0.4) is 0 Å². The quantitative estimate of drug-likeness (QED) is 0.392. The number of rotatable bonds is 3. The summed E-state index contributed by atoms with van der Waals surface area (Å²) < 4.78 is 5.93. The summed E-state index contributed by atoms with van der Waals surface area (Å²) >= 11 is 0. The van der Waals surface area contributed by atoms with Crippen LogP contribution in [0, 0.1) is 20.8 Å². The van der Waals surface area contributed by atoms with Gasteiger partial charge in [-0.2, -0.15) is 0 Å². The van der Waals surface area contributed by atoms with Crippen molar-refractivity contribution >= 4 is 33.7 Å². The number of carbonyl (C=O) groups is 1. The molecule has 2 aliphatic rings. The fourth-order valence-corrected chi connectivity index (χ4v) is 5.44. The summed E-state index contributed by atoms with van der Waals surface area (Å²) in [5.74, 6) is 0.683. The van der Waals surface area contributed by atoms with Crippen LogP contribution in [0.15, 0.2) is 47.0 Å². The molecule has 0 unspecified atom stereocenters. The van der Waals surface area contributed by atoms with E-state index >= 15 is 0 Å². The number of benzene rings is 3. The van der Waals surface area contributed by atoms with Crippen LogP contribution in [0.2, 0.25) is 0 Å². The summed E-state index contributed by atoms with van der Waals surface area (Å²) in [4.78, 5) is 18.5. The molecule has 1 fully saturated rings. The van der Waals surface area contributed by atoms with Crippen LogP contribution in [0.1, 0.15) is 32.6 Å². The average Bonchev–Trinajstić information content (AvgIpc) is 3.26. The number of aryl methyl sites for hydroxylation is 3. The second-order valence-electron chi connectivity index (χ2n) is 9.62. The van der Waals surface area contributed by atoms with Gasteiger partial charge in [-0.1, -0.05) is 47.1 Å². The van der Waals surface area contributed by atoms with Gasteiger partial charge in [0.1, 0.15) is 5.52 Å². The Morgan fingerprint density at radius 2 is 1.62 bits per heavy atom. The lowest BCUT2D eigenvalue weighted by molar-refractivity contribution is 0.104. The Hall–Kier alpha value is -3.64. The van der Waals surface area contributed by atoms with Crippen molar-refractivity contribution in [1.29, 1.82) is 0 Å². The number of ketones is 1. The molecule has 6 nitrogen and oxygen atoms in total. The molecule has 1 aliphatic carbocycles. The highest BCUT2D eigenvalue weighted by Crippen LogP contribution is 2.46. The van der Waals surface area contributed by atoms with Gasteiger partial charge < -0.3 is 19.6 Å². The topological polar surface area (TPSA) is 61.6 Å². The van der Waals surface area contributed by atoms with Gasteiger partial charge in [0.25, 0.3) is 0 Å². The number of likely N-dealkylation sites (N-methyl/N-ethyl adjacent to an activating group) is 1. The lowest BCUT2D eigenvalue weighted by atomic mass is 9.86. The van der Waals surface area contributed by atoms with Gasteiger partial charge >= 0.3 is 0 Å². The maximum Gasteiger partial charge on any atom is 0.196 e. The van der Waals surface area contributed by atoms with Crippen molar-refractivity contribution in [2.45, 2.75) is 20.8 Å². The highest BCUT2D eigenvalue weighted by atomic mass is 16.5. The smallest absolute Gasteiger partial charge is 0.196 e. The molecule has 34 heavy (non-hydrogen) atoms. The Kier molecular flexibility index (Phi) is 4.74. The maximum atomic E-state index is 13.8. The van der Waals surface area contributed by atoms with Crippen LogP contribution < -0.4 is 10.2 Å². The average molecular weight is 453 g/mol. The van der Waals surface area contributed by atoms with Gasteiger partial charge in [-0.25, -0.2) is 0 Å². The van der Waals surface area contributed by atoms with Crippen LogP contribution in [0.4, 0.5) is 17.1 Å². The van der Waals surface area contributed by atoms with Crippen LogP contribution in [-0.4, -0.2) is 49.1 Å². The lowest BCUT2D eigenvalue weighted by Gasteiger charge is -2.34. The monoisotopic (exact) mass is 452 g/mol. The molecule has 6 rings (SSSR count). The molecule has 172 valence electrons. The van der Waals surface area contributed by atoms with E-state index < -0.39 is 0 Å². The molecule has 6 heteroatoms. The minimum absolute atomic E-state index is 0.00569. The number of aromatic nitrogens is 1. The molecule has 0 amide bonds. The highest BCUT2D eigenvalue weighted by molar-refractivity contribution is 6.28. The van der Waals surface area contributed by atoms with Crippen molar-refractivity contribution in [3.8, 4) is 11.3 Å². The van der Waals surface area contributed by atoms with Crippen molar-refractivity contribution in [1.82, 2.24) is 10.1 Å². The SMILES string of the molecule is Cc1cc(C)c(Nc2cc(N3CCN(C)CC3)c3noc4c3c2C(=O)c2ccccc2-4)c(C)c1. The Morgan fingerprint density at radius 3 is 2.32 bits per heavy atom. The molecule has 0 bridgehead atoms. The van der Waals surface area contributed by atoms with E-state index in [2.05, 4.69) is 66.3 Å². The summed E-state index contributed by atoms with van der Waals surface area (Å²) in [6.07, 6.45) is 0. The van der Waals surface area contributed by atoms with Crippen LogP contribution in [0.5, 0.6) is 0 Å². The van der Waals surface area contributed by atoms with Crippen LogP contribution >= 0.6 is 0 Å². The summed E-state index contributed by atoms with van der Waals surface area (Å²) in [5, 5.41) is 8.97. The minimum atomic E-state index is 0.00569. The largest absolute Gasteiger partial charge is 0.367 e. The van der Waals surface area contributed by atoms with Crippen LogP contribution in [0.25, 0.3) is 22.2 Å². The van der Waals surface area contributed by atoms with Gasteiger partial charge in [0.2, 0.25) is 0 Å². The van der Waals surface area contributed by atoms with E-state index in [9.17, 15) is 4.79 Å². The number of carbonyl (C=O) groups excluding carboxylic acids is 1. The molecule has 1 aliphatic heterocycles. The number of piperazine rings is 1. The van der Waals surface area contributed by atoms with Gasteiger partial charge in [0, 0.05) is 43.0 Å². The second-order valence-corrected chi connectivity index (χ2v) is 9.62. The van der Waals surface area contributed by atoms with Crippen molar-refractivity contribution in [2.75, 3.05) is 43.4 Å². The molecule has 0 radical (unpaired) electrons. The van der Waals surface area contributed by atoms with E-state index in [0.717, 1.165) is 70.8 Å². The van der Waals surface area contributed by atoms with E-state index in [0.29, 0.717) is 16.9 Å².